The fourth-order valence-corrected chi connectivity index (χ4v) is 2.99. The molecular formula is C17H20ClF3N2O2. The molecule has 1 N–H and O–H groups in total. The smallest absolute Gasteiger partial charge is 0.356 e. The van der Waals surface area contributed by atoms with Crippen molar-refractivity contribution in [2.75, 3.05) is 18.0 Å². The number of unbranched alkanes of at least 4 members (excludes halogenated alkanes) is 2. The monoisotopic (exact) mass is 376 g/mol. The van der Waals surface area contributed by atoms with Crippen LogP contribution in [0.3, 0.4) is 0 Å². The lowest BCUT2D eigenvalue weighted by Crippen LogP contribution is -2.34. The van der Waals surface area contributed by atoms with Gasteiger partial charge in [-0.3, -0.25) is 9.59 Å². The molecule has 1 saturated heterocycles. The molecule has 0 aliphatic carbocycles. The molecule has 0 bridgehead atoms. The summed E-state index contributed by atoms with van der Waals surface area (Å²) in [5.74, 6) is -1.44. The van der Waals surface area contributed by atoms with Crippen molar-refractivity contribution < 1.29 is 22.8 Å². The van der Waals surface area contributed by atoms with Crippen LogP contribution in [-0.2, 0) is 15.8 Å². The normalized spacial score (nSPS) is 17.9. The Morgan fingerprint density at radius 1 is 1.36 bits per heavy atom. The Morgan fingerprint density at radius 3 is 2.72 bits per heavy atom. The van der Waals surface area contributed by atoms with Gasteiger partial charge in [-0.25, -0.2) is 0 Å². The Kier molecular flexibility index (Phi) is 6.32. The van der Waals surface area contributed by atoms with Crippen molar-refractivity contribution in [2.24, 2.45) is 5.92 Å². The molecule has 1 fully saturated rings. The van der Waals surface area contributed by atoms with Crippen LogP contribution < -0.4 is 10.2 Å². The largest absolute Gasteiger partial charge is 0.418 e. The zero-order valence-corrected chi connectivity index (χ0v) is 14.6. The molecule has 1 aliphatic rings. The minimum atomic E-state index is -4.64. The molecule has 0 aromatic heterocycles. The van der Waals surface area contributed by atoms with Gasteiger partial charge in [0.15, 0.2) is 0 Å². The number of anilines is 1. The van der Waals surface area contributed by atoms with Gasteiger partial charge in [-0.15, -0.1) is 0 Å². The molecule has 1 aromatic carbocycles. The maximum Gasteiger partial charge on any atom is 0.418 e. The van der Waals surface area contributed by atoms with Gasteiger partial charge < -0.3 is 10.2 Å². The van der Waals surface area contributed by atoms with E-state index >= 15 is 0 Å². The topological polar surface area (TPSA) is 49.4 Å². The molecule has 1 aromatic rings. The number of rotatable bonds is 6. The summed E-state index contributed by atoms with van der Waals surface area (Å²) < 4.78 is 39.7. The first kappa shape index (κ1) is 19.6. The second-order valence-electron chi connectivity index (χ2n) is 6.06. The van der Waals surface area contributed by atoms with E-state index in [2.05, 4.69) is 5.32 Å². The van der Waals surface area contributed by atoms with E-state index in [1.807, 2.05) is 6.92 Å². The van der Waals surface area contributed by atoms with Gasteiger partial charge in [0.1, 0.15) is 0 Å². The van der Waals surface area contributed by atoms with Crippen molar-refractivity contribution in [1.29, 1.82) is 0 Å². The summed E-state index contributed by atoms with van der Waals surface area (Å²) in [6.07, 6.45) is -1.90. The fourth-order valence-electron chi connectivity index (χ4n) is 2.82. The minimum absolute atomic E-state index is 0.0621. The molecule has 2 amide bonds. The SMILES string of the molecule is CCCCCNC(=O)C1CC(=O)N(c2ccc(Cl)cc2C(F)(F)F)C1. The van der Waals surface area contributed by atoms with Crippen molar-refractivity contribution in [2.45, 2.75) is 38.8 Å². The number of hydrogen-bond acceptors (Lipinski definition) is 2. The number of benzene rings is 1. The lowest BCUT2D eigenvalue weighted by molar-refractivity contribution is -0.137. The van der Waals surface area contributed by atoms with Crippen LogP contribution in [0.25, 0.3) is 0 Å². The molecule has 1 unspecified atom stereocenters. The summed E-state index contributed by atoms with van der Waals surface area (Å²) in [4.78, 5) is 25.3. The van der Waals surface area contributed by atoms with Gasteiger partial charge in [-0.1, -0.05) is 31.4 Å². The molecule has 138 valence electrons. The lowest BCUT2D eigenvalue weighted by Gasteiger charge is -2.22. The highest BCUT2D eigenvalue weighted by molar-refractivity contribution is 6.30. The minimum Gasteiger partial charge on any atom is -0.356 e. The third-order valence-corrected chi connectivity index (χ3v) is 4.37. The van der Waals surface area contributed by atoms with Crippen molar-refractivity contribution >= 4 is 29.1 Å². The first-order chi connectivity index (χ1) is 11.7. The van der Waals surface area contributed by atoms with E-state index in [-0.39, 0.29) is 29.6 Å². The first-order valence-electron chi connectivity index (χ1n) is 8.19. The molecular weight excluding hydrogens is 357 g/mol. The van der Waals surface area contributed by atoms with Crippen LogP contribution in [0.2, 0.25) is 5.02 Å². The maximum atomic E-state index is 13.2. The Bertz CT molecular complexity index is 649. The number of halogens is 4. The predicted octanol–water partition coefficient (Wildman–Crippen LogP) is 4.02. The van der Waals surface area contributed by atoms with E-state index < -0.39 is 23.6 Å². The van der Waals surface area contributed by atoms with Crippen molar-refractivity contribution in [3.05, 3.63) is 28.8 Å². The van der Waals surface area contributed by atoms with Gasteiger partial charge in [0, 0.05) is 24.5 Å². The molecule has 2 rings (SSSR count). The number of carbonyl (C=O) groups excluding carboxylic acids is 2. The number of hydrogen-bond donors (Lipinski definition) is 1. The lowest BCUT2D eigenvalue weighted by atomic mass is 10.1. The third-order valence-electron chi connectivity index (χ3n) is 4.13. The van der Waals surface area contributed by atoms with E-state index in [0.29, 0.717) is 6.54 Å². The number of nitrogens with zero attached hydrogens (tertiary/aromatic N) is 1. The zero-order chi connectivity index (χ0) is 18.6. The second-order valence-corrected chi connectivity index (χ2v) is 6.50. The number of amides is 2. The van der Waals surface area contributed by atoms with Gasteiger partial charge in [-0.05, 0) is 24.6 Å². The first-order valence-corrected chi connectivity index (χ1v) is 8.56. The van der Waals surface area contributed by atoms with Crippen LogP contribution in [0.4, 0.5) is 18.9 Å². The molecule has 1 atom stereocenters. The van der Waals surface area contributed by atoms with Gasteiger partial charge >= 0.3 is 6.18 Å². The predicted molar refractivity (Wildman–Crippen MR) is 89.4 cm³/mol. The molecule has 8 heteroatoms. The molecule has 25 heavy (non-hydrogen) atoms. The summed E-state index contributed by atoms with van der Waals surface area (Å²) in [7, 11) is 0. The van der Waals surface area contributed by atoms with Crippen LogP contribution in [0.15, 0.2) is 18.2 Å². The molecule has 1 aliphatic heterocycles. The van der Waals surface area contributed by atoms with Crippen molar-refractivity contribution in [1.82, 2.24) is 5.32 Å². The highest BCUT2D eigenvalue weighted by Crippen LogP contribution is 2.40. The summed E-state index contributed by atoms with van der Waals surface area (Å²) in [6, 6.07) is 3.27. The second kappa shape index (κ2) is 8.08. The van der Waals surface area contributed by atoms with Gasteiger partial charge in [0.05, 0.1) is 17.2 Å². The Labute approximate surface area is 149 Å². The maximum absolute atomic E-state index is 13.2. The summed E-state index contributed by atoms with van der Waals surface area (Å²) in [5, 5.41) is 2.68. The third kappa shape index (κ3) is 4.87. The molecule has 0 radical (unpaired) electrons. The zero-order valence-electron chi connectivity index (χ0n) is 13.8. The van der Waals surface area contributed by atoms with Crippen molar-refractivity contribution in [3.8, 4) is 0 Å². The summed E-state index contributed by atoms with van der Waals surface area (Å²) in [5.41, 5.74) is -1.24. The van der Waals surface area contributed by atoms with Gasteiger partial charge in [-0.2, -0.15) is 13.2 Å². The van der Waals surface area contributed by atoms with Crippen LogP contribution in [0, 0.1) is 5.92 Å². The Morgan fingerprint density at radius 2 is 2.08 bits per heavy atom. The van der Waals surface area contributed by atoms with Crippen LogP contribution in [0.5, 0.6) is 0 Å². The van der Waals surface area contributed by atoms with E-state index in [1.165, 1.54) is 12.1 Å². The highest BCUT2D eigenvalue weighted by atomic mass is 35.5. The van der Waals surface area contributed by atoms with E-state index in [9.17, 15) is 22.8 Å². The van der Waals surface area contributed by atoms with E-state index in [1.54, 1.807) is 0 Å². The molecule has 4 nitrogen and oxygen atoms in total. The summed E-state index contributed by atoms with van der Waals surface area (Å²) in [6.45, 7) is 2.48. The average Bonchev–Trinajstić information content (AvgIpc) is 2.92. The molecule has 1 heterocycles. The molecule has 0 saturated carbocycles. The quantitative estimate of drug-likeness (QED) is 0.762. The van der Waals surface area contributed by atoms with Crippen molar-refractivity contribution in [3.63, 3.8) is 0 Å². The standard InChI is InChI=1S/C17H20ClF3N2O2/c1-2-3-4-7-22-16(25)11-8-15(24)23(10-11)14-6-5-12(18)9-13(14)17(19,20)21/h5-6,9,11H,2-4,7-8,10H2,1H3,(H,22,25). The molecule has 0 spiro atoms. The van der Waals surface area contributed by atoms with Gasteiger partial charge in [0.2, 0.25) is 11.8 Å². The fraction of sp³-hybridized carbons (Fsp3) is 0.529. The number of nitrogens with one attached hydrogen (secondary N) is 1. The highest BCUT2D eigenvalue weighted by Gasteiger charge is 2.40. The Balaban J connectivity index is 2.12. The summed E-state index contributed by atoms with van der Waals surface area (Å²) >= 11 is 5.66. The Hall–Kier alpha value is -1.76. The van der Waals surface area contributed by atoms with Crippen LogP contribution >= 0.6 is 11.6 Å². The number of alkyl halides is 3. The van der Waals surface area contributed by atoms with Gasteiger partial charge in [0.25, 0.3) is 0 Å². The number of carbonyl (C=O) groups is 2. The average molecular weight is 377 g/mol. The van der Waals surface area contributed by atoms with E-state index in [4.69, 9.17) is 11.6 Å². The van der Waals surface area contributed by atoms with E-state index in [0.717, 1.165) is 30.2 Å². The van der Waals surface area contributed by atoms with Crippen LogP contribution in [-0.4, -0.2) is 24.9 Å². The van der Waals surface area contributed by atoms with Crippen LogP contribution in [0.1, 0.15) is 38.2 Å².